The summed E-state index contributed by atoms with van der Waals surface area (Å²) in [4.78, 5) is 11.4. The van der Waals surface area contributed by atoms with Crippen LogP contribution in [0, 0.1) is 17.3 Å². The van der Waals surface area contributed by atoms with Crippen molar-refractivity contribution in [1.82, 2.24) is 0 Å². The van der Waals surface area contributed by atoms with Gasteiger partial charge < -0.3 is 10.5 Å². The van der Waals surface area contributed by atoms with E-state index >= 15 is 0 Å². The van der Waals surface area contributed by atoms with E-state index in [-0.39, 0.29) is 17.5 Å². The number of nitrogens with two attached hydrogens (primary N) is 1. The van der Waals surface area contributed by atoms with Crippen LogP contribution >= 0.6 is 0 Å². The molecule has 1 heterocycles. The number of carbonyl (C=O) groups excluding carboxylic acids is 1. The Morgan fingerprint density at radius 1 is 1.40 bits per heavy atom. The van der Waals surface area contributed by atoms with Crippen LogP contribution in [0.4, 0.5) is 0 Å². The lowest BCUT2D eigenvalue weighted by Crippen LogP contribution is -2.42. The van der Waals surface area contributed by atoms with Gasteiger partial charge in [0, 0.05) is 12.0 Å². The molecule has 3 nitrogen and oxygen atoms in total. The molecule has 0 bridgehead atoms. The highest BCUT2D eigenvalue weighted by molar-refractivity contribution is 5.73. The topological polar surface area (TPSA) is 52.3 Å². The molecule has 3 heteroatoms. The van der Waals surface area contributed by atoms with Crippen LogP contribution in [0.5, 0.6) is 0 Å². The molecule has 0 radical (unpaired) electrons. The second-order valence-corrected chi connectivity index (χ2v) is 5.61. The minimum atomic E-state index is -0.0493. The highest BCUT2D eigenvalue weighted by atomic mass is 16.6. The van der Waals surface area contributed by atoms with Gasteiger partial charge in [-0.2, -0.15) is 0 Å². The quantitative estimate of drug-likeness (QED) is 0.672. The predicted molar refractivity (Wildman–Crippen MR) is 58.2 cm³/mol. The van der Waals surface area contributed by atoms with Crippen molar-refractivity contribution in [2.24, 2.45) is 23.0 Å². The van der Waals surface area contributed by atoms with Crippen LogP contribution < -0.4 is 5.73 Å². The fourth-order valence-corrected chi connectivity index (χ4v) is 3.76. The summed E-state index contributed by atoms with van der Waals surface area (Å²) in [5, 5.41) is 0. The van der Waals surface area contributed by atoms with E-state index in [0.717, 1.165) is 12.8 Å². The van der Waals surface area contributed by atoms with Crippen molar-refractivity contribution in [1.29, 1.82) is 0 Å². The Morgan fingerprint density at radius 2 is 2.00 bits per heavy atom. The molecule has 86 valence electrons. The predicted octanol–water partition coefficient (Wildman–Crippen LogP) is 1.70. The first kappa shape index (κ1) is 10.9. The van der Waals surface area contributed by atoms with Crippen LogP contribution in [0.1, 0.15) is 39.5 Å². The van der Waals surface area contributed by atoms with Gasteiger partial charge in [0.25, 0.3) is 0 Å². The van der Waals surface area contributed by atoms with Gasteiger partial charge in [0.1, 0.15) is 6.10 Å². The van der Waals surface area contributed by atoms with Gasteiger partial charge >= 0.3 is 5.97 Å². The second kappa shape index (κ2) is 3.78. The summed E-state index contributed by atoms with van der Waals surface area (Å²) < 4.78 is 5.34. The molecule has 1 saturated carbocycles. The zero-order chi connectivity index (χ0) is 11.1. The smallest absolute Gasteiger partial charge is 0.306 e. The minimum absolute atomic E-state index is 0.0322. The van der Waals surface area contributed by atoms with Crippen molar-refractivity contribution in [2.75, 3.05) is 6.54 Å². The molecule has 1 aliphatic carbocycles. The van der Waals surface area contributed by atoms with Gasteiger partial charge in [-0.1, -0.05) is 13.8 Å². The first-order valence-electron chi connectivity index (χ1n) is 5.95. The molecular weight excluding hydrogens is 190 g/mol. The van der Waals surface area contributed by atoms with Crippen molar-refractivity contribution in [3.8, 4) is 0 Å². The van der Waals surface area contributed by atoms with Gasteiger partial charge in [-0.05, 0) is 31.1 Å². The first-order chi connectivity index (χ1) is 7.05. The van der Waals surface area contributed by atoms with Crippen LogP contribution in [-0.4, -0.2) is 18.6 Å². The lowest BCUT2D eigenvalue weighted by molar-refractivity contribution is -0.141. The maximum absolute atomic E-state index is 11.4. The molecule has 15 heavy (non-hydrogen) atoms. The van der Waals surface area contributed by atoms with Gasteiger partial charge in [0.2, 0.25) is 0 Å². The van der Waals surface area contributed by atoms with E-state index in [1.807, 2.05) is 0 Å². The minimum Gasteiger partial charge on any atom is -0.460 e. The van der Waals surface area contributed by atoms with E-state index < -0.39 is 0 Å². The molecule has 0 aromatic carbocycles. The van der Waals surface area contributed by atoms with Crippen LogP contribution in [0.15, 0.2) is 0 Å². The fourth-order valence-electron chi connectivity index (χ4n) is 3.76. The van der Waals surface area contributed by atoms with Crippen molar-refractivity contribution in [3.63, 3.8) is 0 Å². The standard InChI is InChI=1S/C12H21NO2/c1-8-3-9(2)5-12(4-8)6-11(14)15-10(12)7-13/h8-10H,3-7,13H2,1-2H3. The molecule has 2 rings (SSSR count). The van der Waals surface area contributed by atoms with Crippen LogP contribution in [-0.2, 0) is 9.53 Å². The maximum atomic E-state index is 11.4. The Kier molecular flexibility index (Phi) is 2.75. The number of esters is 1. The Labute approximate surface area is 91.4 Å². The van der Waals surface area contributed by atoms with E-state index in [1.54, 1.807) is 0 Å². The second-order valence-electron chi connectivity index (χ2n) is 5.61. The summed E-state index contributed by atoms with van der Waals surface area (Å²) in [5.74, 6) is 1.33. The zero-order valence-electron chi connectivity index (χ0n) is 9.66. The lowest BCUT2D eigenvalue weighted by atomic mass is 9.63. The fraction of sp³-hybridized carbons (Fsp3) is 0.917. The number of cyclic esters (lactones) is 1. The number of hydrogen-bond donors (Lipinski definition) is 1. The summed E-state index contributed by atoms with van der Waals surface area (Å²) in [7, 11) is 0. The van der Waals surface area contributed by atoms with E-state index in [9.17, 15) is 4.79 Å². The third kappa shape index (κ3) is 1.89. The summed E-state index contributed by atoms with van der Waals surface area (Å²) in [5.41, 5.74) is 5.77. The molecule has 1 aliphatic heterocycles. The van der Waals surface area contributed by atoms with Crippen molar-refractivity contribution >= 4 is 5.97 Å². The van der Waals surface area contributed by atoms with Gasteiger partial charge in [-0.3, -0.25) is 4.79 Å². The third-order valence-corrected chi connectivity index (χ3v) is 3.98. The highest BCUT2D eigenvalue weighted by Crippen LogP contribution is 2.50. The van der Waals surface area contributed by atoms with Crippen LogP contribution in [0.3, 0.4) is 0 Å². The van der Waals surface area contributed by atoms with Gasteiger partial charge in [-0.25, -0.2) is 0 Å². The van der Waals surface area contributed by atoms with E-state index in [1.165, 1.54) is 6.42 Å². The van der Waals surface area contributed by atoms with E-state index in [4.69, 9.17) is 10.5 Å². The SMILES string of the molecule is CC1CC(C)CC2(CC(=O)OC2CN)C1. The van der Waals surface area contributed by atoms with Crippen molar-refractivity contribution in [2.45, 2.75) is 45.6 Å². The van der Waals surface area contributed by atoms with Gasteiger partial charge in [-0.15, -0.1) is 0 Å². The zero-order valence-corrected chi connectivity index (χ0v) is 9.66. The van der Waals surface area contributed by atoms with Crippen molar-refractivity contribution in [3.05, 3.63) is 0 Å². The Bertz CT molecular complexity index is 254. The lowest BCUT2D eigenvalue weighted by Gasteiger charge is -2.41. The molecule has 0 amide bonds. The highest BCUT2D eigenvalue weighted by Gasteiger charge is 2.51. The Hall–Kier alpha value is -0.570. The molecule has 0 aromatic rings. The van der Waals surface area contributed by atoms with Crippen LogP contribution in [0.2, 0.25) is 0 Å². The molecule has 3 unspecified atom stereocenters. The number of ether oxygens (including phenoxy) is 1. The monoisotopic (exact) mass is 211 g/mol. The summed E-state index contributed by atoms with van der Waals surface area (Å²) in [6.45, 7) is 5.02. The molecule has 3 atom stereocenters. The number of rotatable bonds is 1. The summed E-state index contributed by atoms with van der Waals surface area (Å²) >= 11 is 0. The van der Waals surface area contributed by atoms with Crippen LogP contribution in [0.25, 0.3) is 0 Å². The Balaban J connectivity index is 2.19. The largest absolute Gasteiger partial charge is 0.460 e. The number of carbonyl (C=O) groups is 1. The maximum Gasteiger partial charge on any atom is 0.306 e. The number of hydrogen-bond acceptors (Lipinski definition) is 3. The van der Waals surface area contributed by atoms with E-state index in [2.05, 4.69) is 13.8 Å². The molecule has 2 fully saturated rings. The van der Waals surface area contributed by atoms with Gasteiger partial charge in [0.05, 0.1) is 6.42 Å². The Morgan fingerprint density at radius 3 is 2.53 bits per heavy atom. The third-order valence-electron chi connectivity index (χ3n) is 3.98. The average molecular weight is 211 g/mol. The summed E-state index contributed by atoms with van der Waals surface area (Å²) in [6, 6.07) is 0. The van der Waals surface area contributed by atoms with E-state index in [0.29, 0.717) is 24.8 Å². The first-order valence-corrected chi connectivity index (χ1v) is 5.95. The average Bonchev–Trinajstić information content (AvgIpc) is 2.39. The molecule has 1 spiro atoms. The molecule has 2 aliphatic rings. The van der Waals surface area contributed by atoms with Crippen molar-refractivity contribution < 1.29 is 9.53 Å². The molecular formula is C12H21NO2. The summed E-state index contributed by atoms with van der Waals surface area (Å²) in [6.07, 6.45) is 4.03. The normalized spacial score (nSPS) is 45.8. The molecule has 0 aromatic heterocycles. The molecule has 1 saturated heterocycles. The molecule has 2 N–H and O–H groups in total. The van der Waals surface area contributed by atoms with Gasteiger partial charge in [0.15, 0.2) is 0 Å².